The summed E-state index contributed by atoms with van der Waals surface area (Å²) in [5, 5.41) is 0. The van der Waals surface area contributed by atoms with Crippen LogP contribution in [-0.4, -0.2) is 30.3 Å². The van der Waals surface area contributed by atoms with E-state index in [1.807, 2.05) is 18.2 Å². The second-order valence-electron chi connectivity index (χ2n) is 5.74. The van der Waals surface area contributed by atoms with Crippen LogP contribution in [0.1, 0.15) is 26.7 Å². The van der Waals surface area contributed by atoms with Crippen molar-refractivity contribution < 1.29 is 4.74 Å². The molecule has 1 fully saturated rings. The lowest BCUT2D eigenvalue weighted by atomic mass is 9.83. The summed E-state index contributed by atoms with van der Waals surface area (Å²) in [6, 6.07) is 10.3. The fraction of sp³-hybridized carbons (Fsp3) is 0.533. The second kappa shape index (κ2) is 4.53. The van der Waals surface area contributed by atoms with Crippen LogP contribution >= 0.6 is 0 Å². The van der Waals surface area contributed by atoms with Crippen LogP contribution in [0.4, 0.5) is 5.69 Å². The van der Waals surface area contributed by atoms with Crippen LogP contribution < -0.4 is 10.6 Å². The number of anilines is 1. The summed E-state index contributed by atoms with van der Waals surface area (Å²) in [5.41, 5.74) is 7.26. The summed E-state index contributed by atoms with van der Waals surface area (Å²) < 4.78 is 5.87. The highest BCUT2D eigenvalue weighted by Crippen LogP contribution is 2.39. The summed E-state index contributed by atoms with van der Waals surface area (Å²) in [5.74, 6) is 0.632. The summed E-state index contributed by atoms with van der Waals surface area (Å²) in [6.45, 7) is 5.04. The molecule has 0 radical (unpaired) electrons. The van der Waals surface area contributed by atoms with Gasteiger partial charge in [0.1, 0.15) is 0 Å². The van der Waals surface area contributed by atoms with E-state index in [1.165, 1.54) is 0 Å². The van der Waals surface area contributed by atoms with E-state index in [1.54, 1.807) is 0 Å². The lowest BCUT2D eigenvalue weighted by Gasteiger charge is -2.46. The van der Waals surface area contributed by atoms with E-state index < -0.39 is 0 Å². The molecule has 2 aliphatic rings. The van der Waals surface area contributed by atoms with Crippen molar-refractivity contribution in [2.45, 2.75) is 44.4 Å². The van der Waals surface area contributed by atoms with Gasteiger partial charge in [-0.1, -0.05) is 18.2 Å². The van der Waals surface area contributed by atoms with Gasteiger partial charge in [-0.25, -0.2) is 0 Å². The number of nitrogens with zero attached hydrogens (tertiary/aromatic N) is 2. The molecule has 4 nitrogen and oxygen atoms in total. The van der Waals surface area contributed by atoms with Crippen LogP contribution in [-0.2, 0) is 4.74 Å². The number of hydrogen-bond acceptors (Lipinski definition) is 4. The van der Waals surface area contributed by atoms with Gasteiger partial charge in [-0.2, -0.15) is 0 Å². The van der Waals surface area contributed by atoms with Gasteiger partial charge in [-0.15, -0.1) is 0 Å². The molecule has 2 N–H and O–H groups in total. The first kappa shape index (κ1) is 12.5. The van der Waals surface area contributed by atoms with Crippen molar-refractivity contribution in [3.8, 4) is 0 Å². The maximum absolute atomic E-state index is 6.14. The number of para-hydroxylation sites is 1. The smallest absolute Gasteiger partial charge is 0.196 e. The van der Waals surface area contributed by atoms with Gasteiger partial charge >= 0.3 is 0 Å². The second-order valence-corrected chi connectivity index (χ2v) is 5.74. The van der Waals surface area contributed by atoms with Crippen molar-refractivity contribution in [2.24, 2.45) is 10.7 Å². The summed E-state index contributed by atoms with van der Waals surface area (Å²) in [6.07, 6.45) is 2.43. The molecule has 1 aromatic carbocycles. The quantitative estimate of drug-likeness (QED) is 0.840. The summed E-state index contributed by atoms with van der Waals surface area (Å²) in [4.78, 5) is 6.72. The Morgan fingerprint density at radius 1 is 1.21 bits per heavy atom. The Morgan fingerprint density at radius 2 is 1.84 bits per heavy atom. The van der Waals surface area contributed by atoms with Gasteiger partial charge in [-0.05, 0) is 38.8 Å². The zero-order chi connectivity index (χ0) is 13.5. The van der Waals surface area contributed by atoms with Crippen LogP contribution in [0.3, 0.4) is 0 Å². The number of nitrogens with two attached hydrogens (primary N) is 1. The molecule has 0 aromatic heterocycles. The van der Waals surface area contributed by atoms with Crippen LogP contribution in [0, 0.1) is 0 Å². The maximum Gasteiger partial charge on any atom is 0.196 e. The molecule has 0 bridgehead atoms. The predicted octanol–water partition coefficient (Wildman–Crippen LogP) is 2.15. The van der Waals surface area contributed by atoms with Gasteiger partial charge in [-0.3, -0.25) is 4.99 Å². The molecule has 0 aliphatic carbocycles. The molecule has 1 spiro atoms. The summed E-state index contributed by atoms with van der Waals surface area (Å²) >= 11 is 0. The Bertz CT molecular complexity index is 475. The highest BCUT2D eigenvalue weighted by Gasteiger charge is 2.47. The van der Waals surface area contributed by atoms with Crippen LogP contribution in [0.15, 0.2) is 35.3 Å². The highest BCUT2D eigenvalue weighted by atomic mass is 16.5. The van der Waals surface area contributed by atoms with E-state index >= 15 is 0 Å². The minimum absolute atomic E-state index is 0.0114. The van der Waals surface area contributed by atoms with E-state index in [2.05, 4.69) is 35.9 Å². The molecule has 2 aliphatic heterocycles. The molecule has 2 atom stereocenters. The van der Waals surface area contributed by atoms with Gasteiger partial charge in [0.25, 0.3) is 0 Å². The molecule has 102 valence electrons. The normalized spacial score (nSPS) is 34.6. The molecule has 2 unspecified atom stereocenters. The molecule has 0 amide bonds. The van der Waals surface area contributed by atoms with Crippen molar-refractivity contribution >= 4 is 11.6 Å². The molecule has 4 heteroatoms. The zero-order valence-electron chi connectivity index (χ0n) is 11.5. The molecule has 1 aromatic rings. The van der Waals surface area contributed by atoms with Crippen molar-refractivity contribution in [1.82, 2.24) is 0 Å². The average molecular weight is 259 g/mol. The third-order valence-electron chi connectivity index (χ3n) is 4.05. The Morgan fingerprint density at radius 3 is 2.47 bits per heavy atom. The third kappa shape index (κ3) is 2.10. The Balaban J connectivity index is 1.97. The Hall–Kier alpha value is -1.55. The minimum atomic E-state index is -0.0114. The summed E-state index contributed by atoms with van der Waals surface area (Å²) in [7, 11) is 0. The first-order valence-corrected chi connectivity index (χ1v) is 6.91. The lowest BCUT2D eigenvalue weighted by molar-refractivity contribution is -0.0559. The SMILES string of the molecule is CC1CC2(CN=C(N)N2c2ccccc2)CC(C)O1. The van der Waals surface area contributed by atoms with E-state index in [4.69, 9.17) is 10.5 Å². The van der Waals surface area contributed by atoms with Crippen LogP contribution in [0.5, 0.6) is 0 Å². The highest BCUT2D eigenvalue weighted by molar-refractivity contribution is 5.98. The van der Waals surface area contributed by atoms with Crippen molar-refractivity contribution in [2.75, 3.05) is 11.4 Å². The van der Waals surface area contributed by atoms with Gasteiger partial charge in [0, 0.05) is 5.69 Å². The van der Waals surface area contributed by atoms with E-state index in [9.17, 15) is 0 Å². The number of guanidine groups is 1. The maximum atomic E-state index is 6.14. The van der Waals surface area contributed by atoms with Crippen LogP contribution in [0.25, 0.3) is 0 Å². The number of benzene rings is 1. The van der Waals surface area contributed by atoms with Gasteiger partial charge in [0.15, 0.2) is 5.96 Å². The fourth-order valence-electron chi connectivity index (χ4n) is 3.55. The van der Waals surface area contributed by atoms with Crippen molar-refractivity contribution in [3.63, 3.8) is 0 Å². The number of hydrogen-bond donors (Lipinski definition) is 1. The Kier molecular flexibility index (Phi) is 2.97. The lowest BCUT2D eigenvalue weighted by Crippen LogP contribution is -2.57. The molecule has 19 heavy (non-hydrogen) atoms. The zero-order valence-corrected chi connectivity index (χ0v) is 11.5. The molecule has 2 heterocycles. The standard InChI is InChI=1S/C15H21N3O/c1-11-8-15(9-12(2)19-11)10-17-14(16)18(15)13-6-4-3-5-7-13/h3-7,11-12H,8-10H2,1-2H3,(H2,16,17). The predicted molar refractivity (Wildman–Crippen MR) is 77.4 cm³/mol. The van der Waals surface area contributed by atoms with Crippen molar-refractivity contribution in [1.29, 1.82) is 0 Å². The molecular weight excluding hydrogens is 238 g/mol. The van der Waals surface area contributed by atoms with E-state index in [0.29, 0.717) is 5.96 Å². The molecule has 3 rings (SSSR count). The topological polar surface area (TPSA) is 50.8 Å². The minimum Gasteiger partial charge on any atom is -0.375 e. The number of rotatable bonds is 1. The van der Waals surface area contributed by atoms with Crippen LogP contribution in [0.2, 0.25) is 0 Å². The largest absolute Gasteiger partial charge is 0.375 e. The first-order valence-electron chi connectivity index (χ1n) is 6.91. The van der Waals surface area contributed by atoms with Crippen molar-refractivity contribution in [3.05, 3.63) is 30.3 Å². The Labute approximate surface area is 114 Å². The third-order valence-corrected chi connectivity index (χ3v) is 4.05. The van der Waals surface area contributed by atoms with E-state index in [0.717, 1.165) is 25.1 Å². The fourth-order valence-corrected chi connectivity index (χ4v) is 3.55. The monoisotopic (exact) mass is 259 g/mol. The molecule has 0 saturated carbocycles. The van der Waals surface area contributed by atoms with Gasteiger partial charge in [0.2, 0.25) is 0 Å². The first-order chi connectivity index (χ1) is 9.11. The number of ether oxygens (including phenoxy) is 1. The molecule has 1 saturated heterocycles. The van der Waals surface area contributed by atoms with Gasteiger partial charge < -0.3 is 15.4 Å². The molecular formula is C15H21N3O. The van der Waals surface area contributed by atoms with Gasteiger partial charge in [0.05, 0.1) is 24.3 Å². The number of aliphatic imine (C=N–C) groups is 1. The van der Waals surface area contributed by atoms with E-state index in [-0.39, 0.29) is 17.7 Å². The average Bonchev–Trinajstić information content (AvgIpc) is 2.65.